The van der Waals surface area contributed by atoms with Gasteiger partial charge in [-0.25, -0.2) is 0 Å². The second-order valence-electron chi connectivity index (χ2n) is 6.70. The number of nitrogens with zero attached hydrogens (tertiary/aromatic N) is 1. The number of rotatable bonds is 6. The smallest absolute Gasteiger partial charge is 0.258 e. The van der Waals surface area contributed by atoms with Crippen LogP contribution in [0.1, 0.15) is 28.4 Å². The molecule has 2 amide bonds. The van der Waals surface area contributed by atoms with Gasteiger partial charge in [0, 0.05) is 29.6 Å². The summed E-state index contributed by atoms with van der Waals surface area (Å²) in [5.41, 5.74) is 4.07. The van der Waals surface area contributed by atoms with Crippen LogP contribution < -0.4 is 10.2 Å². The lowest BCUT2D eigenvalue weighted by Crippen LogP contribution is -2.30. The molecule has 4 nitrogen and oxygen atoms in total. The van der Waals surface area contributed by atoms with Gasteiger partial charge in [-0.2, -0.15) is 0 Å². The molecular weight excluding hydrogens is 360 g/mol. The summed E-state index contributed by atoms with van der Waals surface area (Å²) in [7, 11) is 0. The van der Waals surface area contributed by atoms with E-state index in [-0.39, 0.29) is 11.8 Å². The van der Waals surface area contributed by atoms with Crippen LogP contribution in [-0.4, -0.2) is 18.4 Å². The van der Waals surface area contributed by atoms with E-state index in [4.69, 9.17) is 0 Å². The van der Waals surface area contributed by atoms with Crippen molar-refractivity contribution in [3.8, 4) is 0 Å². The van der Waals surface area contributed by atoms with Crippen LogP contribution in [0.15, 0.2) is 84.9 Å². The predicted octanol–water partition coefficient (Wildman–Crippen LogP) is 5.31. The molecule has 0 spiro atoms. The van der Waals surface area contributed by atoms with E-state index in [0.29, 0.717) is 17.8 Å². The van der Waals surface area contributed by atoms with Gasteiger partial charge in [-0.05, 0) is 55.8 Å². The van der Waals surface area contributed by atoms with Crippen molar-refractivity contribution in [1.29, 1.82) is 0 Å². The third-order valence-corrected chi connectivity index (χ3v) is 4.51. The van der Waals surface area contributed by atoms with Gasteiger partial charge in [0.2, 0.25) is 5.91 Å². The maximum atomic E-state index is 13.0. The number of aryl methyl sites for hydroxylation is 1. The van der Waals surface area contributed by atoms with Crippen molar-refractivity contribution in [2.24, 2.45) is 0 Å². The number of benzene rings is 3. The van der Waals surface area contributed by atoms with Crippen molar-refractivity contribution >= 4 is 29.3 Å². The van der Waals surface area contributed by atoms with Crippen LogP contribution >= 0.6 is 0 Å². The van der Waals surface area contributed by atoms with Crippen LogP contribution in [0.3, 0.4) is 0 Å². The van der Waals surface area contributed by atoms with Crippen molar-refractivity contribution in [1.82, 2.24) is 0 Å². The highest BCUT2D eigenvalue weighted by Crippen LogP contribution is 2.19. The van der Waals surface area contributed by atoms with E-state index in [9.17, 15) is 9.59 Å². The monoisotopic (exact) mass is 384 g/mol. The average molecular weight is 384 g/mol. The van der Waals surface area contributed by atoms with Gasteiger partial charge in [0.05, 0.1) is 0 Å². The number of carbonyl (C=O) groups excluding carboxylic acids is 2. The Hall–Kier alpha value is -3.66. The maximum Gasteiger partial charge on any atom is 0.258 e. The molecule has 1 N–H and O–H groups in total. The Morgan fingerprint density at radius 2 is 1.66 bits per heavy atom. The van der Waals surface area contributed by atoms with Crippen LogP contribution in [0.5, 0.6) is 0 Å². The molecule has 3 rings (SSSR count). The van der Waals surface area contributed by atoms with Crippen LogP contribution in [-0.2, 0) is 4.79 Å². The fourth-order valence-electron chi connectivity index (χ4n) is 2.97. The molecule has 0 radical (unpaired) electrons. The highest BCUT2D eigenvalue weighted by atomic mass is 16.2. The van der Waals surface area contributed by atoms with Crippen molar-refractivity contribution < 1.29 is 9.59 Å². The van der Waals surface area contributed by atoms with Crippen molar-refractivity contribution in [3.63, 3.8) is 0 Å². The number of hydrogen-bond acceptors (Lipinski definition) is 2. The Bertz CT molecular complexity index is 1010. The molecule has 0 saturated carbocycles. The quantitative estimate of drug-likeness (QED) is 0.585. The Morgan fingerprint density at radius 3 is 2.34 bits per heavy atom. The normalized spacial score (nSPS) is 10.7. The maximum absolute atomic E-state index is 13.0. The van der Waals surface area contributed by atoms with Gasteiger partial charge >= 0.3 is 0 Å². The molecule has 3 aromatic carbocycles. The number of anilines is 2. The van der Waals surface area contributed by atoms with Gasteiger partial charge in [0.15, 0.2) is 0 Å². The van der Waals surface area contributed by atoms with Crippen LogP contribution in [0.2, 0.25) is 0 Å². The third kappa shape index (κ3) is 5.42. The van der Waals surface area contributed by atoms with E-state index in [0.717, 1.165) is 11.3 Å². The van der Waals surface area contributed by atoms with Gasteiger partial charge in [0.25, 0.3) is 5.91 Å². The molecule has 0 bridgehead atoms. The van der Waals surface area contributed by atoms with Gasteiger partial charge in [-0.15, -0.1) is 0 Å². The first kappa shape index (κ1) is 20.1. The molecule has 0 unspecified atom stereocenters. The Labute approximate surface area is 171 Å². The lowest BCUT2D eigenvalue weighted by Gasteiger charge is -2.21. The number of amides is 2. The number of nitrogens with one attached hydrogen (secondary N) is 1. The van der Waals surface area contributed by atoms with Crippen LogP contribution in [0, 0.1) is 6.92 Å². The van der Waals surface area contributed by atoms with E-state index in [1.54, 1.807) is 35.2 Å². The molecule has 0 atom stereocenters. The largest absolute Gasteiger partial charge is 0.322 e. The molecule has 29 heavy (non-hydrogen) atoms. The fourth-order valence-corrected chi connectivity index (χ4v) is 2.97. The minimum absolute atomic E-state index is 0.106. The molecule has 0 saturated heterocycles. The van der Waals surface area contributed by atoms with E-state index in [2.05, 4.69) is 5.32 Å². The minimum Gasteiger partial charge on any atom is -0.322 e. The van der Waals surface area contributed by atoms with Crippen molar-refractivity contribution in [3.05, 3.63) is 102 Å². The van der Waals surface area contributed by atoms with Crippen molar-refractivity contribution in [2.45, 2.75) is 13.8 Å². The first-order valence-electron chi connectivity index (χ1n) is 9.59. The third-order valence-electron chi connectivity index (χ3n) is 4.51. The zero-order valence-corrected chi connectivity index (χ0v) is 16.6. The highest BCUT2D eigenvalue weighted by Gasteiger charge is 2.16. The number of carbonyl (C=O) groups is 2. The summed E-state index contributed by atoms with van der Waals surface area (Å²) < 4.78 is 0. The lowest BCUT2D eigenvalue weighted by atomic mass is 10.1. The topological polar surface area (TPSA) is 49.4 Å². The summed E-state index contributed by atoms with van der Waals surface area (Å²) in [5, 5.41) is 2.82. The van der Waals surface area contributed by atoms with E-state index in [1.807, 2.05) is 68.4 Å². The molecule has 0 fully saturated rings. The summed E-state index contributed by atoms with van der Waals surface area (Å²) in [6, 6.07) is 24.5. The Balaban J connectivity index is 1.71. The Morgan fingerprint density at radius 1 is 0.931 bits per heavy atom. The van der Waals surface area contributed by atoms with Crippen molar-refractivity contribution in [2.75, 3.05) is 16.8 Å². The number of para-hydroxylation sites is 1. The van der Waals surface area contributed by atoms with Gasteiger partial charge in [0.1, 0.15) is 0 Å². The van der Waals surface area contributed by atoms with E-state index in [1.165, 1.54) is 11.6 Å². The van der Waals surface area contributed by atoms with E-state index < -0.39 is 0 Å². The highest BCUT2D eigenvalue weighted by molar-refractivity contribution is 6.07. The van der Waals surface area contributed by atoms with Gasteiger partial charge < -0.3 is 10.2 Å². The first-order valence-corrected chi connectivity index (χ1v) is 9.59. The molecule has 0 heterocycles. The zero-order valence-electron chi connectivity index (χ0n) is 16.6. The summed E-state index contributed by atoms with van der Waals surface area (Å²) in [6.45, 7) is 4.51. The van der Waals surface area contributed by atoms with Gasteiger partial charge in [-0.1, -0.05) is 54.1 Å². The summed E-state index contributed by atoms with van der Waals surface area (Å²) in [6.07, 6.45) is 3.25. The van der Waals surface area contributed by atoms with Crippen LogP contribution in [0.4, 0.5) is 11.4 Å². The molecule has 0 aliphatic heterocycles. The summed E-state index contributed by atoms with van der Waals surface area (Å²) in [4.78, 5) is 26.9. The first-order chi connectivity index (χ1) is 14.1. The molecule has 3 aromatic rings. The number of hydrogen-bond donors (Lipinski definition) is 1. The second kappa shape index (κ2) is 9.51. The van der Waals surface area contributed by atoms with Crippen LogP contribution in [0.25, 0.3) is 6.08 Å². The fraction of sp³-hybridized carbons (Fsp3) is 0.120. The SMILES string of the molecule is CCN(C(=O)c1cccc(NC(=O)/C=C/c2ccc(C)cc2)c1)c1ccccc1. The molecule has 4 heteroatoms. The molecule has 0 aliphatic rings. The van der Waals surface area contributed by atoms with E-state index >= 15 is 0 Å². The Kier molecular flexibility index (Phi) is 6.59. The standard InChI is InChI=1S/C25H24N2O2/c1-3-27(23-10-5-4-6-11-23)25(29)21-8-7-9-22(18-21)26-24(28)17-16-20-14-12-19(2)13-15-20/h4-18H,3H2,1-2H3,(H,26,28)/b17-16+. The predicted molar refractivity (Wildman–Crippen MR) is 119 cm³/mol. The molecule has 0 aliphatic carbocycles. The second-order valence-corrected chi connectivity index (χ2v) is 6.70. The van der Waals surface area contributed by atoms with Gasteiger partial charge in [-0.3, -0.25) is 9.59 Å². The lowest BCUT2D eigenvalue weighted by molar-refractivity contribution is -0.111. The molecule has 0 aromatic heterocycles. The molecule has 146 valence electrons. The average Bonchev–Trinajstić information content (AvgIpc) is 2.75. The molecular formula is C25H24N2O2. The summed E-state index contributed by atoms with van der Waals surface area (Å²) >= 11 is 0. The summed E-state index contributed by atoms with van der Waals surface area (Å²) in [5.74, 6) is -0.351. The minimum atomic E-state index is -0.245. The zero-order chi connectivity index (χ0) is 20.6.